The van der Waals surface area contributed by atoms with Gasteiger partial charge in [-0.15, -0.1) is 16.9 Å². The van der Waals surface area contributed by atoms with Crippen LogP contribution in [0.15, 0.2) is 30.6 Å². The lowest BCUT2D eigenvalue weighted by molar-refractivity contribution is -0.205. The molecule has 4 N–H and O–H groups in total. The normalized spacial score (nSPS) is 26.3. The molecule has 12 heteroatoms. The van der Waals surface area contributed by atoms with Crippen LogP contribution in [-0.4, -0.2) is 89.2 Å². The standard InChI is InChI=1S/C19H28N4O7S/c24-9-15-16(25)17(26)18(27)19(30-15)31-7-3-6-28-12-23-8-14(21-22-23)11-29-10-13-4-1-2-5-20-13/h1-2,4-5,8,15-19,24-27H,3,6-7,9-12H2. The second-order valence-electron chi connectivity index (χ2n) is 7.02. The summed E-state index contributed by atoms with van der Waals surface area (Å²) in [5.41, 5.74) is 0.817. The molecule has 1 aliphatic rings. The number of rotatable bonds is 12. The molecular formula is C19H28N4O7S. The number of pyridine rings is 1. The van der Waals surface area contributed by atoms with Crippen molar-refractivity contribution in [2.45, 2.75) is 56.2 Å². The molecule has 0 saturated carbocycles. The van der Waals surface area contributed by atoms with Gasteiger partial charge in [-0.05, 0) is 24.3 Å². The number of aliphatic hydroxyl groups excluding tert-OH is 4. The highest BCUT2D eigenvalue weighted by Gasteiger charge is 2.43. The summed E-state index contributed by atoms with van der Waals surface area (Å²) in [6.07, 6.45) is -0.661. The van der Waals surface area contributed by atoms with Crippen molar-refractivity contribution >= 4 is 11.8 Å². The van der Waals surface area contributed by atoms with Gasteiger partial charge in [0, 0.05) is 12.8 Å². The molecular weight excluding hydrogens is 428 g/mol. The predicted octanol–water partition coefficient (Wildman–Crippen LogP) is -0.713. The average Bonchev–Trinajstić information content (AvgIpc) is 3.24. The number of hydrogen-bond acceptors (Lipinski definition) is 11. The van der Waals surface area contributed by atoms with E-state index in [-0.39, 0.29) is 6.73 Å². The van der Waals surface area contributed by atoms with Crippen LogP contribution in [0.4, 0.5) is 0 Å². The quantitative estimate of drug-likeness (QED) is 0.300. The van der Waals surface area contributed by atoms with Crippen LogP contribution in [-0.2, 0) is 34.2 Å². The topological polar surface area (TPSA) is 152 Å². The van der Waals surface area contributed by atoms with E-state index < -0.39 is 36.5 Å². The summed E-state index contributed by atoms with van der Waals surface area (Å²) in [6, 6.07) is 5.64. The summed E-state index contributed by atoms with van der Waals surface area (Å²) in [7, 11) is 0. The third kappa shape index (κ3) is 7.19. The monoisotopic (exact) mass is 456 g/mol. The summed E-state index contributed by atoms with van der Waals surface area (Å²) in [6.45, 7) is 0.996. The van der Waals surface area contributed by atoms with Crippen molar-refractivity contribution < 1.29 is 34.6 Å². The van der Waals surface area contributed by atoms with Crippen molar-refractivity contribution in [2.75, 3.05) is 19.0 Å². The Kier molecular flexibility index (Phi) is 9.61. The molecule has 1 fully saturated rings. The van der Waals surface area contributed by atoms with E-state index in [1.807, 2.05) is 18.2 Å². The first kappa shape index (κ1) is 24.0. The molecule has 5 atom stereocenters. The molecule has 3 heterocycles. The van der Waals surface area contributed by atoms with Crippen LogP contribution in [0.1, 0.15) is 17.8 Å². The molecule has 0 aromatic carbocycles. The zero-order valence-corrected chi connectivity index (χ0v) is 17.8. The van der Waals surface area contributed by atoms with E-state index in [4.69, 9.17) is 14.2 Å². The zero-order chi connectivity index (χ0) is 22.1. The summed E-state index contributed by atoms with van der Waals surface area (Å²) in [4.78, 5) is 4.18. The molecule has 3 rings (SSSR count). The molecule has 5 unspecified atom stereocenters. The van der Waals surface area contributed by atoms with Crippen LogP contribution in [0.5, 0.6) is 0 Å². The van der Waals surface area contributed by atoms with Crippen LogP contribution in [0.25, 0.3) is 0 Å². The molecule has 2 aromatic heterocycles. The van der Waals surface area contributed by atoms with Crippen molar-refractivity contribution in [1.82, 2.24) is 20.0 Å². The molecule has 0 radical (unpaired) electrons. The Labute approximate surface area is 184 Å². The Morgan fingerprint density at radius 3 is 2.68 bits per heavy atom. The minimum atomic E-state index is -1.35. The van der Waals surface area contributed by atoms with Crippen LogP contribution in [0.2, 0.25) is 0 Å². The first-order chi connectivity index (χ1) is 15.1. The Balaban J connectivity index is 1.27. The molecule has 0 amide bonds. The van der Waals surface area contributed by atoms with Gasteiger partial charge in [-0.1, -0.05) is 11.3 Å². The second kappa shape index (κ2) is 12.4. The second-order valence-corrected chi connectivity index (χ2v) is 8.23. The highest BCUT2D eigenvalue weighted by atomic mass is 32.2. The maximum Gasteiger partial charge on any atom is 0.141 e. The SMILES string of the molecule is OCC1OC(SCCCOCn2cc(COCc3ccccn3)nn2)C(O)C(O)C1O. The van der Waals surface area contributed by atoms with E-state index in [0.717, 1.165) is 5.69 Å². The fraction of sp³-hybridized carbons (Fsp3) is 0.632. The molecule has 1 saturated heterocycles. The first-order valence-corrected chi connectivity index (χ1v) is 11.0. The third-order valence-corrected chi connectivity index (χ3v) is 5.84. The maximum absolute atomic E-state index is 10.0. The fourth-order valence-corrected chi connectivity index (χ4v) is 4.03. The highest BCUT2D eigenvalue weighted by molar-refractivity contribution is 7.99. The first-order valence-electron chi connectivity index (χ1n) is 9.95. The largest absolute Gasteiger partial charge is 0.394 e. The van der Waals surface area contributed by atoms with Gasteiger partial charge >= 0.3 is 0 Å². The van der Waals surface area contributed by atoms with Crippen molar-refractivity contribution in [3.8, 4) is 0 Å². The Morgan fingerprint density at radius 2 is 1.90 bits per heavy atom. The lowest BCUT2D eigenvalue weighted by Crippen LogP contribution is -2.57. The molecule has 0 spiro atoms. The lowest BCUT2D eigenvalue weighted by atomic mass is 10.0. The van der Waals surface area contributed by atoms with E-state index in [9.17, 15) is 20.4 Å². The molecule has 0 bridgehead atoms. The zero-order valence-electron chi connectivity index (χ0n) is 16.9. The highest BCUT2D eigenvalue weighted by Crippen LogP contribution is 2.28. The molecule has 31 heavy (non-hydrogen) atoms. The predicted molar refractivity (Wildman–Crippen MR) is 110 cm³/mol. The Hall–Kier alpha value is -1.64. The summed E-state index contributed by atoms with van der Waals surface area (Å²) >= 11 is 1.30. The number of nitrogens with zero attached hydrogens (tertiary/aromatic N) is 4. The van der Waals surface area contributed by atoms with Crippen molar-refractivity contribution in [3.05, 3.63) is 42.0 Å². The van der Waals surface area contributed by atoms with Crippen molar-refractivity contribution in [1.29, 1.82) is 0 Å². The van der Waals surface area contributed by atoms with Gasteiger partial charge in [-0.2, -0.15) is 0 Å². The molecule has 0 aliphatic carbocycles. The van der Waals surface area contributed by atoms with Crippen molar-refractivity contribution in [2.24, 2.45) is 0 Å². The van der Waals surface area contributed by atoms with E-state index >= 15 is 0 Å². The van der Waals surface area contributed by atoms with Gasteiger partial charge in [0.1, 0.15) is 42.3 Å². The van der Waals surface area contributed by atoms with Crippen LogP contribution in [0, 0.1) is 0 Å². The minimum Gasteiger partial charge on any atom is -0.394 e. The smallest absolute Gasteiger partial charge is 0.141 e. The van der Waals surface area contributed by atoms with Gasteiger partial charge < -0.3 is 34.6 Å². The van der Waals surface area contributed by atoms with Gasteiger partial charge in [0.15, 0.2) is 0 Å². The molecule has 172 valence electrons. The van der Waals surface area contributed by atoms with Crippen LogP contribution < -0.4 is 0 Å². The minimum absolute atomic E-state index is 0.248. The van der Waals surface area contributed by atoms with Gasteiger partial charge in [-0.25, -0.2) is 4.68 Å². The number of ether oxygens (including phenoxy) is 3. The number of hydrogen-bond donors (Lipinski definition) is 4. The number of thioether (sulfide) groups is 1. The number of aliphatic hydroxyl groups is 4. The van der Waals surface area contributed by atoms with E-state index in [1.165, 1.54) is 11.8 Å². The lowest BCUT2D eigenvalue weighted by Gasteiger charge is -2.39. The van der Waals surface area contributed by atoms with E-state index in [1.54, 1.807) is 17.1 Å². The van der Waals surface area contributed by atoms with Crippen molar-refractivity contribution in [3.63, 3.8) is 0 Å². The van der Waals surface area contributed by atoms with Gasteiger partial charge in [0.05, 0.1) is 31.7 Å². The molecule has 2 aromatic rings. The third-order valence-electron chi connectivity index (χ3n) is 4.60. The van der Waals surface area contributed by atoms with Crippen LogP contribution in [0.3, 0.4) is 0 Å². The van der Waals surface area contributed by atoms with E-state index in [2.05, 4.69) is 15.3 Å². The summed E-state index contributed by atoms with van der Waals surface area (Å²) in [5.74, 6) is 0.604. The Bertz CT molecular complexity index is 767. The van der Waals surface area contributed by atoms with Gasteiger partial charge in [-0.3, -0.25) is 4.98 Å². The fourth-order valence-electron chi connectivity index (χ4n) is 2.94. The van der Waals surface area contributed by atoms with Crippen LogP contribution >= 0.6 is 11.8 Å². The van der Waals surface area contributed by atoms with E-state index in [0.29, 0.717) is 37.7 Å². The summed E-state index contributed by atoms with van der Waals surface area (Å²) in [5, 5.41) is 46.8. The molecule has 1 aliphatic heterocycles. The number of aromatic nitrogens is 4. The average molecular weight is 457 g/mol. The van der Waals surface area contributed by atoms with Gasteiger partial charge in [0.2, 0.25) is 0 Å². The maximum atomic E-state index is 10.0. The molecule has 11 nitrogen and oxygen atoms in total. The Morgan fingerprint density at radius 1 is 1.06 bits per heavy atom. The summed E-state index contributed by atoms with van der Waals surface area (Å²) < 4.78 is 18.2. The van der Waals surface area contributed by atoms with Gasteiger partial charge in [0.25, 0.3) is 0 Å².